The summed E-state index contributed by atoms with van der Waals surface area (Å²) in [6.07, 6.45) is 5.76. The smallest absolute Gasteiger partial charge is 0.250 e. The summed E-state index contributed by atoms with van der Waals surface area (Å²) in [5, 5.41) is 6.53. The highest BCUT2D eigenvalue weighted by Crippen LogP contribution is 2.36. The van der Waals surface area contributed by atoms with Gasteiger partial charge in [-0.25, -0.2) is 14.6 Å². The van der Waals surface area contributed by atoms with Gasteiger partial charge in [-0.2, -0.15) is 5.10 Å². The van der Waals surface area contributed by atoms with Gasteiger partial charge in [0.1, 0.15) is 5.69 Å². The normalized spacial score (nSPS) is 11.0. The average Bonchev–Trinajstić information content (AvgIpc) is 3.21. The van der Waals surface area contributed by atoms with E-state index in [0.29, 0.717) is 17.2 Å². The number of aldehydes is 1. The third-order valence-corrected chi connectivity index (χ3v) is 5.10. The first-order valence-electron chi connectivity index (χ1n) is 6.15. The zero-order chi connectivity index (χ0) is 14.2. The Morgan fingerprint density at radius 2 is 2.05 bits per heavy atom. The van der Waals surface area contributed by atoms with E-state index in [2.05, 4.69) is 32.6 Å². The van der Waals surface area contributed by atoms with E-state index < -0.39 is 0 Å². The fraction of sp³-hybridized carbons (Fsp3) is 0. The van der Waals surface area contributed by atoms with Crippen LogP contribution < -0.4 is 0 Å². The number of thiophene rings is 2. The molecule has 4 heterocycles. The first kappa shape index (κ1) is 12.4. The van der Waals surface area contributed by atoms with Crippen molar-refractivity contribution < 1.29 is 4.79 Å². The zero-order valence-electron chi connectivity index (χ0n) is 10.6. The Morgan fingerprint density at radius 1 is 1.19 bits per heavy atom. The molecule has 0 saturated heterocycles. The van der Waals surface area contributed by atoms with E-state index in [4.69, 9.17) is 0 Å². The lowest BCUT2D eigenvalue weighted by molar-refractivity contribution is 0.112. The van der Waals surface area contributed by atoms with Crippen LogP contribution in [0.4, 0.5) is 0 Å². The van der Waals surface area contributed by atoms with Crippen LogP contribution in [0.5, 0.6) is 0 Å². The second kappa shape index (κ2) is 4.87. The van der Waals surface area contributed by atoms with E-state index in [1.165, 1.54) is 14.1 Å². The van der Waals surface area contributed by atoms with Crippen LogP contribution in [0, 0.1) is 0 Å². The van der Waals surface area contributed by atoms with Gasteiger partial charge in [0.2, 0.25) is 5.95 Å². The lowest BCUT2D eigenvalue weighted by Gasteiger charge is -1.96. The van der Waals surface area contributed by atoms with Gasteiger partial charge in [-0.05, 0) is 23.6 Å². The Labute approximate surface area is 127 Å². The molecular weight excluding hydrogens is 304 g/mol. The van der Waals surface area contributed by atoms with Crippen LogP contribution in [0.1, 0.15) is 10.4 Å². The molecule has 0 saturated carbocycles. The molecule has 4 aromatic heterocycles. The number of nitrogens with zero attached hydrogens (tertiary/aromatic N) is 4. The van der Waals surface area contributed by atoms with Gasteiger partial charge in [0.15, 0.2) is 6.29 Å². The van der Waals surface area contributed by atoms with Crippen molar-refractivity contribution >= 4 is 38.4 Å². The number of carbonyl (C=O) groups is 1. The first-order valence-corrected chi connectivity index (χ1v) is 7.84. The number of fused-ring (bicyclic) bond motifs is 1. The van der Waals surface area contributed by atoms with Gasteiger partial charge in [0, 0.05) is 28.0 Å². The van der Waals surface area contributed by atoms with Crippen molar-refractivity contribution in [1.82, 2.24) is 19.7 Å². The number of hydrogen-bond donors (Lipinski definition) is 0. The first-order chi connectivity index (χ1) is 10.3. The van der Waals surface area contributed by atoms with Crippen molar-refractivity contribution in [3.05, 3.63) is 47.7 Å². The maximum Gasteiger partial charge on any atom is 0.250 e. The van der Waals surface area contributed by atoms with Crippen LogP contribution in [0.3, 0.4) is 0 Å². The van der Waals surface area contributed by atoms with E-state index in [1.54, 1.807) is 47.3 Å². The Morgan fingerprint density at radius 3 is 2.81 bits per heavy atom. The molecule has 0 atom stereocenters. The van der Waals surface area contributed by atoms with Crippen LogP contribution in [0.25, 0.3) is 25.9 Å². The predicted octanol–water partition coefficient (Wildman–Crippen LogP) is 3.42. The summed E-state index contributed by atoms with van der Waals surface area (Å²) in [5.74, 6) is 0.449. The van der Waals surface area contributed by atoms with Gasteiger partial charge in [-0.15, -0.1) is 22.7 Å². The van der Waals surface area contributed by atoms with Gasteiger partial charge < -0.3 is 0 Å². The van der Waals surface area contributed by atoms with Gasteiger partial charge in [0.05, 0.1) is 10.4 Å². The lowest BCUT2D eigenvalue weighted by atomic mass is 10.2. The number of hydrogen-bond acceptors (Lipinski definition) is 6. The van der Waals surface area contributed by atoms with Gasteiger partial charge in [-0.1, -0.05) is 0 Å². The maximum absolute atomic E-state index is 11.3. The topological polar surface area (TPSA) is 60.7 Å². The number of carbonyl (C=O) groups excluding carboxylic acids is 1. The van der Waals surface area contributed by atoms with Crippen LogP contribution in [-0.4, -0.2) is 26.0 Å². The van der Waals surface area contributed by atoms with E-state index in [-0.39, 0.29) is 0 Å². The molecular formula is C14H8N4OS2. The zero-order valence-corrected chi connectivity index (χ0v) is 12.3. The summed E-state index contributed by atoms with van der Waals surface area (Å²) < 4.78 is 3.95. The van der Waals surface area contributed by atoms with Crippen molar-refractivity contribution in [3.63, 3.8) is 0 Å². The van der Waals surface area contributed by atoms with Crippen molar-refractivity contribution in [3.8, 4) is 16.5 Å². The maximum atomic E-state index is 11.3. The minimum Gasteiger partial charge on any atom is -0.298 e. The molecule has 5 nitrogen and oxygen atoms in total. The summed E-state index contributed by atoms with van der Waals surface area (Å²) in [7, 11) is 0. The molecule has 0 aromatic carbocycles. The Balaban J connectivity index is 1.86. The van der Waals surface area contributed by atoms with E-state index >= 15 is 0 Å². The minimum absolute atomic E-state index is 0.449. The number of aromatic nitrogens is 4. The monoisotopic (exact) mass is 312 g/mol. The minimum atomic E-state index is 0.449. The van der Waals surface area contributed by atoms with Crippen LogP contribution >= 0.6 is 22.7 Å². The van der Waals surface area contributed by atoms with Crippen LogP contribution in [0.2, 0.25) is 0 Å². The fourth-order valence-electron chi connectivity index (χ4n) is 2.06. The molecule has 0 aliphatic carbocycles. The summed E-state index contributed by atoms with van der Waals surface area (Å²) in [5.41, 5.74) is 1.21. The van der Waals surface area contributed by atoms with Crippen molar-refractivity contribution in [2.24, 2.45) is 0 Å². The summed E-state index contributed by atoms with van der Waals surface area (Å²) in [4.78, 5) is 20.6. The highest BCUT2D eigenvalue weighted by Gasteiger charge is 2.15. The quantitative estimate of drug-likeness (QED) is 0.544. The highest BCUT2D eigenvalue weighted by molar-refractivity contribution is 7.28. The Hall–Kier alpha value is -2.38. The molecule has 0 fully saturated rings. The molecule has 0 spiro atoms. The van der Waals surface area contributed by atoms with E-state index in [9.17, 15) is 4.79 Å². The SMILES string of the molecule is O=Cc1cn(-c2ncccn2)nc1-c1cc2sccc2s1. The molecule has 0 aliphatic heterocycles. The molecule has 0 amide bonds. The van der Waals surface area contributed by atoms with E-state index in [1.807, 2.05) is 0 Å². The largest absolute Gasteiger partial charge is 0.298 e. The summed E-state index contributed by atoms with van der Waals surface area (Å²) in [6, 6.07) is 5.88. The van der Waals surface area contributed by atoms with Gasteiger partial charge in [-0.3, -0.25) is 4.79 Å². The third kappa shape index (κ3) is 2.07. The number of rotatable bonds is 3. The summed E-state index contributed by atoms with van der Waals surface area (Å²) >= 11 is 3.31. The lowest BCUT2D eigenvalue weighted by Crippen LogP contribution is -2.00. The fourth-order valence-corrected chi connectivity index (χ4v) is 4.18. The molecule has 0 unspecified atom stereocenters. The molecule has 102 valence electrons. The van der Waals surface area contributed by atoms with Crippen LogP contribution in [-0.2, 0) is 0 Å². The van der Waals surface area contributed by atoms with Gasteiger partial charge in [0.25, 0.3) is 0 Å². The van der Waals surface area contributed by atoms with E-state index in [0.717, 1.165) is 11.2 Å². The molecule has 0 radical (unpaired) electrons. The van der Waals surface area contributed by atoms with Crippen molar-refractivity contribution in [2.45, 2.75) is 0 Å². The van der Waals surface area contributed by atoms with Crippen molar-refractivity contribution in [1.29, 1.82) is 0 Å². The highest BCUT2D eigenvalue weighted by atomic mass is 32.1. The Bertz CT molecular complexity index is 894. The molecule has 21 heavy (non-hydrogen) atoms. The Kier molecular flexibility index (Phi) is 2.87. The predicted molar refractivity (Wildman–Crippen MR) is 83.2 cm³/mol. The third-order valence-electron chi connectivity index (χ3n) is 3.00. The molecule has 7 heteroatoms. The van der Waals surface area contributed by atoms with Gasteiger partial charge >= 0.3 is 0 Å². The molecule has 4 rings (SSSR count). The molecule has 0 bridgehead atoms. The second-order valence-corrected chi connectivity index (χ2v) is 6.34. The second-order valence-electron chi connectivity index (χ2n) is 4.30. The van der Waals surface area contributed by atoms with Crippen LogP contribution in [0.15, 0.2) is 42.2 Å². The molecule has 0 aliphatic rings. The molecule has 4 aromatic rings. The summed E-state index contributed by atoms with van der Waals surface area (Å²) in [6.45, 7) is 0. The molecule has 0 N–H and O–H groups in total. The van der Waals surface area contributed by atoms with Crippen molar-refractivity contribution in [2.75, 3.05) is 0 Å². The standard InChI is InChI=1S/C14H8N4OS2/c19-8-9-7-18(14-15-3-1-4-16-14)17-13(9)12-6-11-10(21-12)2-5-20-11/h1-8H. The average molecular weight is 312 g/mol.